The van der Waals surface area contributed by atoms with E-state index >= 15 is 0 Å². The largest absolute Gasteiger partial charge is 0.350 e. The van der Waals surface area contributed by atoms with Crippen molar-refractivity contribution in [3.05, 3.63) is 71.8 Å². The highest BCUT2D eigenvalue weighted by molar-refractivity contribution is 6.26. The molecule has 0 bridgehead atoms. The zero-order valence-corrected chi connectivity index (χ0v) is 13.2. The quantitative estimate of drug-likeness (QED) is 0.551. The van der Waals surface area contributed by atoms with Crippen molar-refractivity contribution in [3.8, 4) is 0 Å². The number of alkyl halides is 1. The lowest BCUT2D eigenvalue weighted by Crippen LogP contribution is -2.39. The van der Waals surface area contributed by atoms with Crippen LogP contribution in [0.25, 0.3) is 0 Å². The Morgan fingerprint density at radius 1 is 0.810 bits per heavy atom. The lowest BCUT2D eigenvalue weighted by Gasteiger charge is -2.35. The summed E-state index contributed by atoms with van der Waals surface area (Å²) in [5.74, 6) is 0. The molecule has 0 saturated carbocycles. The van der Waals surface area contributed by atoms with Gasteiger partial charge in [-0.15, -0.1) is 11.6 Å². The fourth-order valence-electron chi connectivity index (χ4n) is 2.38. The van der Waals surface area contributed by atoms with Gasteiger partial charge in [0.1, 0.15) is 4.87 Å². The molecular weight excluding hydrogens is 284 g/mol. The molecule has 0 unspecified atom stereocenters. The fourth-order valence-corrected chi connectivity index (χ4v) is 2.76. The molecule has 3 heteroatoms. The van der Waals surface area contributed by atoms with Gasteiger partial charge < -0.3 is 9.47 Å². The number of hydrogen-bond acceptors (Lipinski definition) is 2. The Morgan fingerprint density at radius 3 is 1.52 bits per heavy atom. The van der Waals surface area contributed by atoms with Gasteiger partial charge in [-0.1, -0.05) is 60.7 Å². The van der Waals surface area contributed by atoms with E-state index in [2.05, 4.69) is 0 Å². The molecule has 0 atom stereocenters. The van der Waals surface area contributed by atoms with Gasteiger partial charge in [0.15, 0.2) is 6.29 Å². The van der Waals surface area contributed by atoms with Gasteiger partial charge in [0, 0.05) is 13.2 Å². The smallest absolute Gasteiger partial charge is 0.184 e. The Kier molecular flexibility index (Phi) is 5.80. The predicted molar refractivity (Wildman–Crippen MR) is 86.6 cm³/mol. The van der Waals surface area contributed by atoms with Crippen molar-refractivity contribution in [2.45, 2.75) is 25.0 Å². The first-order valence-electron chi connectivity index (χ1n) is 7.26. The van der Waals surface area contributed by atoms with E-state index in [1.807, 2.05) is 74.5 Å². The molecule has 0 aliphatic rings. The number of benzene rings is 2. The maximum absolute atomic E-state index is 7.06. The summed E-state index contributed by atoms with van der Waals surface area (Å²) in [5.41, 5.74) is 1.93. The zero-order valence-electron chi connectivity index (χ0n) is 12.5. The fraction of sp³-hybridized carbons (Fsp3) is 0.333. The average Bonchev–Trinajstić information content (AvgIpc) is 2.55. The van der Waals surface area contributed by atoms with Crippen molar-refractivity contribution < 1.29 is 9.47 Å². The van der Waals surface area contributed by atoms with E-state index in [9.17, 15) is 0 Å². The van der Waals surface area contributed by atoms with E-state index in [0.717, 1.165) is 11.1 Å². The molecule has 2 aromatic rings. The first kappa shape index (κ1) is 16.0. The van der Waals surface area contributed by atoms with E-state index in [1.54, 1.807) is 0 Å². The number of halogens is 1. The minimum absolute atomic E-state index is 0.540. The minimum atomic E-state index is -0.867. The van der Waals surface area contributed by atoms with E-state index in [1.165, 1.54) is 0 Å². The maximum atomic E-state index is 7.06. The Hall–Kier alpha value is -1.35. The topological polar surface area (TPSA) is 18.5 Å². The highest BCUT2D eigenvalue weighted by Crippen LogP contribution is 2.41. The summed E-state index contributed by atoms with van der Waals surface area (Å²) in [6, 6.07) is 19.9. The highest BCUT2D eigenvalue weighted by atomic mass is 35.5. The van der Waals surface area contributed by atoms with Crippen LogP contribution in [0.15, 0.2) is 60.7 Å². The lowest BCUT2D eigenvalue weighted by molar-refractivity contribution is -0.152. The Bertz CT molecular complexity index is 482. The normalized spacial score (nSPS) is 11.8. The molecule has 0 saturated heterocycles. The molecule has 112 valence electrons. The van der Waals surface area contributed by atoms with Crippen LogP contribution in [0.2, 0.25) is 0 Å². The second kappa shape index (κ2) is 7.60. The molecule has 0 aliphatic heterocycles. The van der Waals surface area contributed by atoms with Gasteiger partial charge in [-0.25, -0.2) is 0 Å². The van der Waals surface area contributed by atoms with Crippen molar-refractivity contribution in [3.63, 3.8) is 0 Å². The second-order valence-electron chi connectivity index (χ2n) is 4.69. The van der Waals surface area contributed by atoms with Gasteiger partial charge >= 0.3 is 0 Å². The van der Waals surface area contributed by atoms with Crippen LogP contribution in [-0.4, -0.2) is 19.5 Å². The van der Waals surface area contributed by atoms with Gasteiger partial charge in [0.25, 0.3) is 0 Å². The van der Waals surface area contributed by atoms with Crippen LogP contribution in [0, 0.1) is 0 Å². The van der Waals surface area contributed by atoms with Gasteiger partial charge in [-0.05, 0) is 25.0 Å². The third-order valence-electron chi connectivity index (χ3n) is 3.35. The monoisotopic (exact) mass is 304 g/mol. The van der Waals surface area contributed by atoms with Crippen LogP contribution in [0.1, 0.15) is 25.0 Å². The van der Waals surface area contributed by atoms with Crippen molar-refractivity contribution in [1.82, 2.24) is 0 Å². The molecule has 0 amide bonds. The molecule has 0 N–H and O–H groups in total. The molecule has 0 spiro atoms. The Labute approximate surface area is 131 Å². The summed E-state index contributed by atoms with van der Waals surface area (Å²) in [5, 5.41) is 0. The van der Waals surface area contributed by atoms with E-state index in [-0.39, 0.29) is 0 Å². The number of hydrogen-bond donors (Lipinski definition) is 0. The Morgan fingerprint density at radius 2 is 1.19 bits per heavy atom. The summed E-state index contributed by atoms with van der Waals surface area (Å²) in [6.45, 7) is 4.97. The van der Waals surface area contributed by atoms with Crippen LogP contribution in [0.4, 0.5) is 0 Å². The van der Waals surface area contributed by atoms with Gasteiger partial charge in [-0.2, -0.15) is 0 Å². The average molecular weight is 305 g/mol. The van der Waals surface area contributed by atoms with E-state index in [0.29, 0.717) is 13.2 Å². The maximum Gasteiger partial charge on any atom is 0.184 e. The standard InChI is InChI=1S/C18H21ClO2/c1-3-20-17(21-4-2)18(19,15-11-7-5-8-12-15)16-13-9-6-10-14-16/h5-14,17H,3-4H2,1-2H3. The third-order valence-corrected chi connectivity index (χ3v) is 3.96. The summed E-state index contributed by atoms with van der Waals surface area (Å²) >= 11 is 7.06. The molecule has 2 rings (SSSR count). The molecule has 0 heterocycles. The zero-order chi connectivity index (χ0) is 15.1. The Balaban J connectivity index is 2.53. The SMILES string of the molecule is CCOC(OCC)C(Cl)(c1ccccc1)c1ccccc1. The first-order valence-corrected chi connectivity index (χ1v) is 7.64. The van der Waals surface area contributed by atoms with Crippen LogP contribution < -0.4 is 0 Å². The second-order valence-corrected chi connectivity index (χ2v) is 5.28. The van der Waals surface area contributed by atoms with Crippen molar-refractivity contribution in [2.24, 2.45) is 0 Å². The van der Waals surface area contributed by atoms with Crippen LogP contribution in [0.5, 0.6) is 0 Å². The van der Waals surface area contributed by atoms with Crippen molar-refractivity contribution >= 4 is 11.6 Å². The molecule has 2 aromatic carbocycles. The van der Waals surface area contributed by atoms with Gasteiger partial charge in [0.05, 0.1) is 0 Å². The first-order chi connectivity index (χ1) is 10.2. The number of ether oxygens (including phenoxy) is 2. The van der Waals surface area contributed by atoms with E-state index in [4.69, 9.17) is 21.1 Å². The van der Waals surface area contributed by atoms with Crippen molar-refractivity contribution in [1.29, 1.82) is 0 Å². The molecule has 21 heavy (non-hydrogen) atoms. The summed E-state index contributed by atoms with van der Waals surface area (Å²) in [7, 11) is 0. The molecule has 0 aromatic heterocycles. The predicted octanol–water partition coefficient (Wildman–Crippen LogP) is 4.57. The third kappa shape index (κ3) is 3.46. The molecular formula is C18H21ClO2. The molecule has 2 nitrogen and oxygen atoms in total. The van der Waals surface area contributed by atoms with E-state index < -0.39 is 11.2 Å². The summed E-state index contributed by atoms with van der Waals surface area (Å²) < 4.78 is 11.6. The summed E-state index contributed by atoms with van der Waals surface area (Å²) in [6.07, 6.45) is -0.543. The molecule has 0 fully saturated rings. The van der Waals surface area contributed by atoms with Crippen LogP contribution >= 0.6 is 11.6 Å². The number of rotatable bonds is 7. The van der Waals surface area contributed by atoms with Gasteiger partial charge in [-0.3, -0.25) is 0 Å². The molecule has 0 radical (unpaired) electrons. The minimum Gasteiger partial charge on any atom is -0.350 e. The lowest BCUT2D eigenvalue weighted by atomic mass is 9.89. The molecule has 0 aliphatic carbocycles. The summed E-state index contributed by atoms with van der Waals surface area (Å²) in [4.78, 5) is -0.867. The van der Waals surface area contributed by atoms with Crippen LogP contribution in [-0.2, 0) is 14.3 Å². The highest BCUT2D eigenvalue weighted by Gasteiger charge is 2.42. The van der Waals surface area contributed by atoms with Crippen molar-refractivity contribution in [2.75, 3.05) is 13.2 Å². The van der Waals surface area contributed by atoms with Crippen LogP contribution in [0.3, 0.4) is 0 Å². The van der Waals surface area contributed by atoms with Gasteiger partial charge in [0.2, 0.25) is 0 Å².